The van der Waals surface area contributed by atoms with Crippen LogP contribution in [0.1, 0.15) is 24.0 Å². The quantitative estimate of drug-likeness (QED) is 0.878. The molecule has 1 aromatic carbocycles. The minimum absolute atomic E-state index is 0.654. The average Bonchev–Trinajstić information content (AvgIpc) is 3.02. The Hall–Kier alpha value is -1.16. The fourth-order valence-electron chi connectivity index (χ4n) is 3.06. The number of benzene rings is 1. The lowest BCUT2D eigenvalue weighted by Gasteiger charge is -2.33. The molecule has 0 bridgehead atoms. The summed E-state index contributed by atoms with van der Waals surface area (Å²) in [6.07, 6.45) is 3.77. The first-order valence-corrected chi connectivity index (χ1v) is 8.85. The SMILES string of the molecule is c1ccc(CN2CCCC(NCCc3ccsc3)C2)cc1. The third kappa shape index (κ3) is 4.67. The Balaban J connectivity index is 1.42. The van der Waals surface area contributed by atoms with Gasteiger partial charge in [-0.25, -0.2) is 0 Å². The maximum absolute atomic E-state index is 3.74. The van der Waals surface area contributed by atoms with Crippen molar-refractivity contribution < 1.29 is 0 Å². The van der Waals surface area contributed by atoms with Gasteiger partial charge in [-0.2, -0.15) is 11.3 Å². The van der Waals surface area contributed by atoms with Crippen molar-refractivity contribution in [1.82, 2.24) is 10.2 Å². The summed E-state index contributed by atoms with van der Waals surface area (Å²) in [4.78, 5) is 2.58. The summed E-state index contributed by atoms with van der Waals surface area (Å²) in [5.74, 6) is 0. The van der Waals surface area contributed by atoms with Gasteiger partial charge in [0.2, 0.25) is 0 Å². The fourth-order valence-corrected chi connectivity index (χ4v) is 3.77. The molecule has 0 spiro atoms. The Labute approximate surface area is 131 Å². The second kappa shape index (κ2) is 7.74. The van der Waals surface area contributed by atoms with Gasteiger partial charge in [0.25, 0.3) is 0 Å². The van der Waals surface area contributed by atoms with Crippen LogP contribution in [0.2, 0.25) is 0 Å². The minimum Gasteiger partial charge on any atom is -0.312 e. The van der Waals surface area contributed by atoms with Crippen LogP contribution < -0.4 is 5.32 Å². The van der Waals surface area contributed by atoms with E-state index in [0.29, 0.717) is 6.04 Å². The number of nitrogens with zero attached hydrogens (tertiary/aromatic N) is 1. The molecular formula is C18H24N2S. The molecule has 1 aromatic heterocycles. The van der Waals surface area contributed by atoms with Crippen LogP contribution in [0.15, 0.2) is 47.2 Å². The first-order chi connectivity index (χ1) is 10.4. The topological polar surface area (TPSA) is 15.3 Å². The lowest BCUT2D eigenvalue weighted by molar-refractivity contribution is 0.184. The molecule has 1 aliphatic heterocycles. The Bertz CT molecular complexity index is 509. The predicted molar refractivity (Wildman–Crippen MR) is 90.8 cm³/mol. The zero-order valence-corrected chi connectivity index (χ0v) is 13.3. The molecule has 2 aromatic rings. The van der Waals surface area contributed by atoms with Crippen LogP contribution >= 0.6 is 11.3 Å². The number of nitrogens with one attached hydrogen (secondary N) is 1. The molecule has 1 saturated heterocycles. The molecule has 1 atom stereocenters. The maximum atomic E-state index is 3.74. The molecule has 3 heteroatoms. The molecule has 1 N–H and O–H groups in total. The van der Waals surface area contributed by atoms with Crippen LogP contribution in [0.5, 0.6) is 0 Å². The summed E-state index contributed by atoms with van der Waals surface area (Å²) in [6.45, 7) is 4.60. The van der Waals surface area contributed by atoms with Gasteiger partial charge in [-0.15, -0.1) is 0 Å². The van der Waals surface area contributed by atoms with Gasteiger partial charge in [0, 0.05) is 19.1 Å². The standard InChI is InChI=1S/C18H24N2S/c1-2-5-16(6-3-1)13-20-11-4-7-18(14-20)19-10-8-17-9-12-21-15-17/h1-3,5-6,9,12,15,18-19H,4,7-8,10-11,13-14H2. The second-order valence-electron chi connectivity index (χ2n) is 5.90. The Kier molecular flexibility index (Phi) is 5.44. The molecule has 0 saturated carbocycles. The summed E-state index contributed by atoms with van der Waals surface area (Å²) < 4.78 is 0. The normalized spacial score (nSPS) is 19.7. The number of likely N-dealkylation sites (tertiary alicyclic amines) is 1. The van der Waals surface area contributed by atoms with E-state index in [2.05, 4.69) is 57.4 Å². The smallest absolute Gasteiger partial charge is 0.0234 e. The van der Waals surface area contributed by atoms with E-state index in [0.717, 1.165) is 19.5 Å². The fraction of sp³-hybridized carbons (Fsp3) is 0.444. The first-order valence-electron chi connectivity index (χ1n) is 7.91. The van der Waals surface area contributed by atoms with Crippen molar-refractivity contribution in [1.29, 1.82) is 0 Å². The van der Waals surface area contributed by atoms with Crippen molar-refractivity contribution in [3.8, 4) is 0 Å². The molecule has 3 rings (SSSR count). The summed E-state index contributed by atoms with van der Waals surface area (Å²) in [7, 11) is 0. The average molecular weight is 300 g/mol. The highest BCUT2D eigenvalue weighted by Crippen LogP contribution is 2.14. The van der Waals surface area contributed by atoms with Gasteiger partial charge in [-0.05, 0) is 60.3 Å². The van der Waals surface area contributed by atoms with Gasteiger partial charge in [0.15, 0.2) is 0 Å². The monoisotopic (exact) mass is 300 g/mol. The van der Waals surface area contributed by atoms with Crippen LogP contribution in [0.3, 0.4) is 0 Å². The Morgan fingerprint density at radius 1 is 1.14 bits per heavy atom. The van der Waals surface area contributed by atoms with Crippen LogP contribution in [0.25, 0.3) is 0 Å². The highest BCUT2D eigenvalue weighted by molar-refractivity contribution is 7.07. The first kappa shape index (κ1) is 14.8. The van der Waals surface area contributed by atoms with Crippen molar-refractivity contribution in [2.75, 3.05) is 19.6 Å². The van der Waals surface area contributed by atoms with E-state index in [-0.39, 0.29) is 0 Å². The Morgan fingerprint density at radius 3 is 2.86 bits per heavy atom. The molecule has 1 unspecified atom stereocenters. The number of thiophene rings is 1. The van der Waals surface area contributed by atoms with Gasteiger partial charge in [0.05, 0.1) is 0 Å². The molecule has 2 nitrogen and oxygen atoms in total. The second-order valence-corrected chi connectivity index (χ2v) is 6.68. The van der Waals surface area contributed by atoms with Crippen molar-refractivity contribution in [3.05, 3.63) is 58.3 Å². The number of hydrogen-bond acceptors (Lipinski definition) is 3. The highest BCUT2D eigenvalue weighted by Gasteiger charge is 2.19. The molecule has 21 heavy (non-hydrogen) atoms. The molecule has 112 valence electrons. The molecule has 1 fully saturated rings. The summed E-state index contributed by atoms with van der Waals surface area (Å²) in [5, 5.41) is 8.16. The van der Waals surface area contributed by atoms with E-state index >= 15 is 0 Å². The third-order valence-electron chi connectivity index (χ3n) is 4.18. The number of hydrogen-bond donors (Lipinski definition) is 1. The number of piperidine rings is 1. The molecular weight excluding hydrogens is 276 g/mol. The minimum atomic E-state index is 0.654. The van der Waals surface area contributed by atoms with Crippen molar-refractivity contribution >= 4 is 11.3 Å². The molecule has 1 aliphatic rings. The zero-order valence-electron chi connectivity index (χ0n) is 12.5. The maximum Gasteiger partial charge on any atom is 0.0234 e. The van der Waals surface area contributed by atoms with E-state index in [4.69, 9.17) is 0 Å². The molecule has 0 aliphatic carbocycles. The van der Waals surface area contributed by atoms with Crippen LogP contribution in [0.4, 0.5) is 0 Å². The molecule has 2 heterocycles. The van der Waals surface area contributed by atoms with Crippen LogP contribution in [-0.2, 0) is 13.0 Å². The largest absolute Gasteiger partial charge is 0.312 e. The summed E-state index contributed by atoms with van der Waals surface area (Å²) in [6, 6.07) is 13.7. The lowest BCUT2D eigenvalue weighted by Crippen LogP contribution is -2.45. The lowest BCUT2D eigenvalue weighted by atomic mass is 10.0. The van der Waals surface area contributed by atoms with Crippen molar-refractivity contribution in [3.63, 3.8) is 0 Å². The van der Waals surface area contributed by atoms with Gasteiger partial charge in [-0.3, -0.25) is 4.90 Å². The predicted octanol–water partition coefficient (Wildman–Crippen LogP) is 3.54. The zero-order chi connectivity index (χ0) is 14.3. The Morgan fingerprint density at radius 2 is 2.05 bits per heavy atom. The van der Waals surface area contributed by atoms with E-state index in [1.54, 1.807) is 11.3 Å². The van der Waals surface area contributed by atoms with E-state index < -0.39 is 0 Å². The third-order valence-corrected chi connectivity index (χ3v) is 4.91. The van der Waals surface area contributed by atoms with Crippen molar-refractivity contribution in [2.45, 2.75) is 31.8 Å². The van der Waals surface area contributed by atoms with Gasteiger partial charge in [0.1, 0.15) is 0 Å². The van der Waals surface area contributed by atoms with Gasteiger partial charge < -0.3 is 5.32 Å². The molecule has 0 amide bonds. The van der Waals surface area contributed by atoms with Crippen LogP contribution in [0, 0.1) is 0 Å². The summed E-state index contributed by atoms with van der Waals surface area (Å²) in [5.41, 5.74) is 2.89. The van der Waals surface area contributed by atoms with Crippen LogP contribution in [-0.4, -0.2) is 30.6 Å². The van der Waals surface area contributed by atoms with Gasteiger partial charge >= 0.3 is 0 Å². The highest BCUT2D eigenvalue weighted by atomic mass is 32.1. The summed E-state index contributed by atoms with van der Waals surface area (Å²) >= 11 is 1.79. The van der Waals surface area contributed by atoms with Gasteiger partial charge in [-0.1, -0.05) is 30.3 Å². The van der Waals surface area contributed by atoms with E-state index in [1.807, 2.05) is 0 Å². The van der Waals surface area contributed by atoms with E-state index in [9.17, 15) is 0 Å². The van der Waals surface area contributed by atoms with E-state index in [1.165, 1.54) is 37.1 Å². The number of rotatable bonds is 6. The molecule has 0 radical (unpaired) electrons. The van der Waals surface area contributed by atoms with Crippen molar-refractivity contribution in [2.24, 2.45) is 0 Å².